The van der Waals surface area contributed by atoms with E-state index in [1.165, 1.54) is 5.39 Å². The molecule has 21 heavy (non-hydrogen) atoms. The van der Waals surface area contributed by atoms with Gasteiger partial charge in [0.2, 0.25) is 5.95 Å². The number of aliphatic hydroxyl groups is 1. The first-order valence-corrected chi connectivity index (χ1v) is 7.45. The summed E-state index contributed by atoms with van der Waals surface area (Å²) in [6, 6.07) is 7.99. The number of para-hydroxylation sites is 1. The Labute approximate surface area is 130 Å². The van der Waals surface area contributed by atoms with Gasteiger partial charge in [0.25, 0.3) is 0 Å². The van der Waals surface area contributed by atoms with Gasteiger partial charge in [-0.25, -0.2) is 9.97 Å². The van der Waals surface area contributed by atoms with Crippen LogP contribution in [0.3, 0.4) is 0 Å². The third-order valence-corrected chi connectivity index (χ3v) is 3.72. The molecule has 3 N–H and O–H groups in total. The third kappa shape index (κ3) is 3.22. The molecular formula is C15H15BrN4O. The number of aromatic amines is 1. The number of nitrogens with zero attached hydrogens (tertiary/aromatic N) is 2. The van der Waals surface area contributed by atoms with E-state index < -0.39 is 0 Å². The van der Waals surface area contributed by atoms with E-state index in [0.29, 0.717) is 12.4 Å². The molecule has 3 aromatic rings. The Kier molecular flexibility index (Phi) is 4.17. The molecule has 0 aliphatic heterocycles. The summed E-state index contributed by atoms with van der Waals surface area (Å²) in [5.74, 6) is 0.511. The van der Waals surface area contributed by atoms with Crippen LogP contribution >= 0.6 is 15.9 Å². The minimum Gasteiger partial charge on any atom is -0.394 e. The lowest BCUT2D eigenvalue weighted by Crippen LogP contribution is -2.27. The molecule has 0 aliphatic carbocycles. The lowest BCUT2D eigenvalue weighted by atomic mass is 10.1. The Balaban J connectivity index is 1.76. The third-order valence-electron chi connectivity index (χ3n) is 3.32. The molecule has 2 aromatic heterocycles. The van der Waals surface area contributed by atoms with Crippen molar-refractivity contribution in [3.8, 4) is 0 Å². The maximum absolute atomic E-state index is 9.58. The van der Waals surface area contributed by atoms with Crippen molar-refractivity contribution in [1.29, 1.82) is 0 Å². The Morgan fingerprint density at radius 3 is 2.76 bits per heavy atom. The highest BCUT2D eigenvalue weighted by molar-refractivity contribution is 9.10. The van der Waals surface area contributed by atoms with E-state index in [1.54, 1.807) is 12.4 Å². The first-order valence-electron chi connectivity index (χ1n) is 6.66. The first-order chi connectivity index (χ1) is 10.3. The summed E-state index contributed by atoms with van der Waals surface area (Å²) in [6.07, 6.45) is 6.03. The molecule has 0 saturated carbocycles. The fourth-order valence-corrected chi connectivity index (χ4v) is 2.50. The average Bonchev–Trinajstić information content (AvgIpc) is 2.92. The van der Waals surface area contributed by atoms with Gasteiger partial charge in [-0.3, -0.25) is 0 Å². The molecule has 0 bridgehead atoms. The van der Waals surface area contributed by atoms with Crippen molar-refractivity contribution in [3.05, 3.63) is 52.9 Å². The van der Waals surface area contributed by atoms with E-state index in [1.807, 2.05) is 24.4 Å². The lowest BCUT2D eigenvalue weighted by Gasteiger charge is -2.15. The van der Waals surface area contributed by atoms with Gasteiger partial charge in [-0.1, -0.05) is 18.2 Å². The predicted octanol–water partition coefficient (Wildman–Crippen LogP) is 2.74. The smallest absolute Gasteiger partial charge is 0.222 e. The summed E-state index contributed by atoms with van der Waals surface area (Å²) in [6.45, 7) is 0.0128. The number of fused-ring (bicyclic) bond motifs is 1. The van der Waals surface area contributed by atoms with Crippen molar-refractivity contribution in [2.45, 2.75) is 12.5 Å². The highest BCUT2D eigenvalue weighted by Crippen LogP contribution is 2.19. The summed E-state index contributed by atoms with van der Waals surface area (Å²) in [5, 5.41) is 13.9. The zero-order valence-corrected chi connectivity index (χ0v) is 12.8. The van der Waals surface area contributed by atoms with Crippen LogP contribution in [0.15, 0.2) is 47.3 Å². The quantitative estimate of drug-likeness (QED) is 0.664. The first kappa shape index (κ1) is 14.0. The second-order valence-corrected chi connectivity index (χ2v) is 5.73. The molecule has 2 heterocycles. The average molecular weight is 347 g/mol. The topological polar surface area (TPSA) is 73.8 Å². The van der Waals surface area contributed by atoms with Gasteiger partial charge in [-0.2, -0.15) is 0 Å². The van der Waals surface area contributed by atoms with E-state index in [4.69, 9.17) is 0 Å². The minimum absolute atomic E-state index is 0.0128. The maximum Gasteiger partial charge on any atom is 0.222 e. The molecule has 6 heteroatoms. The number of benzene rings is 1. The number of hydrogen-bond acceptors (Lipinski definition) is 4. The van der Waals surface area contributed by atoms with Gasteiger partial charge in [-0.05, 0) is 34.0 Å². The van der Waals surface area contributed by atoms with Crippen LogP contribution < -0.4 is 5.32 Å². The molecule has 5 nitrogen and oxygen atoms in total. The summed E-state index contributed by atoms with van der Waals surface area (Å²) in [4.78, 5) is 11.6. The summed E-state index contributed by atoms with van der Waals surface area (Å²) in [7, 11) is 0. The van der Waals surface area contributed by atoms with Crippen molar-refractivity contribution in [3.63, 3.8) is 0 Å². The van der Waals surface area contributed by atoms with Crippen molar-refractivity contribution >= 4 is 32.8 Å². The molecule has 0 aliphatic rings. The van der Waals surface area contributed by atoms with Crippen LogP contribution in [0.2, 0.25) is 0 Å². The SMILES string of the molecule is OC[C@H](Cc1c[nH]c2ccccc12)Nc1ncc(Br)cn1. The second kappa shape index (κ2) is 6.24. The van der Waals surface area contributed by atoms with E-state index in [9.17, 15) is 5.11 Å². The number of nitrogens with one attached hydrogen (secondary N) is 2. The Hall–Kier alpha value is -1.92. The number of H-pyrrole nitrogens is 1. The molecule has 0 amide bonds. The molecule has 108 valence electrons. The summed E-state index contributed by atoms with van der Waals surface area (Å²) < 4.78 is 0.824. The molecule has 0 saturated heterocycles. The van der Waals surface area contributed by atoms with Gasteiger partial charge < -0.3 is 15.4 Å². The standard InChI is InChI=1S/C15H15BrN4O/c16-11-7-18-15(19-8-11)20-12(9-21)5-10-6-17-14-4-2-1-3-13(10)14/h1-4,6-8,12,17,21H,5,9H2,(H,18,19,20)/t12-/m0/s1. The number of rotatable bonds is 5. The van der Waals surface area contributed by atoms with Gasteiger partial charge in [0.1, 0.15) is 0 Å². The minimum atomic E-state index is -0.134. The zero-order valence-electron chi connectivity index (χ0n) is 11.3. The Morgan fingerprint density at radius 2 is 2.00 bits per heavy atom. The Morgan fingerprint density at radius 1 is 1.24 bits per heavy atom. The van der Waals surface area contributed by atoms with E-state index in [0.717, 1.165) is 15.6 Å². The number of aromatic nitrogens is 3. The van der Waals surface area contributed by atoms with Crippen LogP contribution in [0.25, 0.3) is 10.9 Å². The predicted molar refractivity (Wildman–Crippen MR) is 86.2 cm³/mol. The second-order valence-electron chi connectivity index (χ2n) is 4.81. The highest BCUT2D eigenvalue weighted by atomic mass is 79.9. The van der Waals surface area contributed by atoms with Crippen LogP contribution in [0.1, 0.15) is 5.56 Å². The maximum atomic E-state index is 9.58. The van der Waals surface area contributed by atoms with Crippen molar-refractivity contribution in [2.75, 3.05) is 11.9 Å². The number of aliphatic hydroxyl groups excluding tert-OH is 1. The molecule has 3 rings (SSSR count). The lowest BCUT2D eigenvalue weighted by molar-refractivity contribution is 0.273. The van der Waals surface area contributed by atoms with Crippen LogP contribution in [-0.4, -0.2) is 32.7 Å². The highest BCUT2D eigenvalue weighted by Gasteiger charge is 2.12. The van der Waals surface area contributed by atoms with Gasteiger partial charge in [0, 0.05) is 29.5 Å². The van der Waals surface area contributed by atoms with Gasteiger partial charge in [0.15, 0.2) is 0 Å². The Bertz CT molecular complexity index is 726. The summed E-state index contributed by atoms with van der Waals surface area (Å²) in [5.41, 5.74) is 2.26. The molecule has 0 fully saturated rings. The molecule has 1 atom stereocenters. The molecule has 0 spiro atoms. The molecular weight excluding hydrogens is 332 g/mol. The summed E-state index contributed by atoms with van der Waals surface area (Å²) >= 11 is 3.30. The van der Waals surface area contributed by atoms with Gasteiger partial charge >= 0.3 is 0 Å². The van der Waals surface area contributed by atoms with Crippen molar-refractivity contribution in [2.24, 2.45) is 0 Å². The fourth-order valence-electron chi connectivity index (χ4n) is 2.30. The molecule has 0 radical (unpaired) electrons. The van der Waals surface area contributed by atoms with Crippen molar-refractivity contribution in [1.82, 2.24) is 15.0 Å². The number of anilines is 1. The zero-order chi connectivity index (χ0) is 14.7. The number of hydrogen-bond donors (Lipinski definition) is 3. The van der Waals surface area contributed by atoms with Crippen molar-refractivity contribution < 1.29 is 5.11 Å². The van der Waals surface area contributed by atoms with Gasteiger partial charge in [-0.15, -0.1) is 0 Å². The number of halogens is 1. The van der Waals surface area contributed by atoms with E-state index in [2.05, 4.69) is 42.3 Å². The van der Waals surface area contributed by atoms with Crippen LogP contribution in [0, 0.1) is 0 Å². The van der Waals surface area contributed by atoms with E-state index in [-0.39, 0.29) is 12.6 Å². The molecule has 1 aromatic carbocycles. The van der Waals surface area contributed by atoms with E-state index >= 15 is 0 Å². The largest absolute Gasteiger partial charge is 0.394 e. The van der Waals surface area contributed by atoms with Gasteiger partial charge in [0.05, 0.1) is 17.1 Å². The molecule has 0 unspecified atom stereocenters. The normalized spacial score (nSPS) is 12.5. The fraction of sp³-hybridized carbons (Fsp3) is 0.200. The van der Waals surface area contributed by atoms with Crippen LogP contribution in [0.4, 0.5) is 5.95 Å². The monoisotopic (exact) mass is 346 g/mol. The van der Waals surface area contributed by atoms with Crippen LogP contribution in [0.5, 0.6) is 0 Å². The van der Waals surface area contributed by atoms with Crippen LogP contribution in [-0.2, 0) is 6.42 Å².